The molecule has 0 radical (unpaired) electrons. The fourth-order valence-electron chi connectivity index (χ4n) is 1.84. The van der Waals surface area contributed by atoms with Gasteiger partial charge in [0, 0.05) is 12.7 Å². The van der Waals surface area contributed by atoms with Crippen LogP contribution in [0.3, 0.4) is 0 Å². The standard InChI is InChI=1S/C16H20N4O2/c1-3-10-17-16-18-11-9-13(20-16)15(21)19-12-7-5-6-8-14(12)22-4-2/h5-9,11H,3-4,10H2,1-2H3,(H,19,21)(H,17,18,20). The number of anilines is 2. The Morgan fingerprint density at radius 2 is 2.05 bits per heavy atom. The van der Waals surface area contributed by atoms with Gasteiger partial charge in [0.25, 0.3) is 5.91 Å². The Morgan fingerprint density at radius 3 is 2.82 bits per heavy atom. The summed E-state index contributed by atoms with van der Waals surface area (Å²) >= 11 is 0. The first-order valence-corrected chi connectivity index (χ1v) is 7.34. The van der Waals surface area contributed by atoms with Gasteiger partial charge in [-0.05, 0) is 31.5 Å². The number of carbonyl (C=O) groups is 1. The topological polar surface area (TPSA) is 76.1 Å². The normalized spacial score (nSPS) is 10.1. The van der Waals surface area contributed by atoms with Gasteiger partial charge in [-0.25, -0.2) is 9.97 Å². The summed E-state index contributed by atoms with van der Waals surface area (Å²) in [4.78, 5) is 20.6. The van der Waals surface area contributed by atoms with Gasteiger partial charge in [-0.1, -0.05) is 19.1 Å². The van der Waals surface area contributed by atoms with Crippen molar-refractivity contribution in [2.24, 2.45) is 0 Å². The molecule has 0 aliphatic rings. The molecule has 1 aromatic heterocycles. The Morgan fingerprint density at radius 1 is 1.23 bits per heavy atom. The van der Waals surface area contributed by atoms with Gasteiger partial charge in [0.1, 0.15) is 11.4 Å². The van der Waals surface area contributed by atoms with Crippen molar-refractivity contribution in [1.29, 1.82) is 0 Å². The molecule has 2 aromatic rings. The molecule has 0 saturated carbocycles. The number of carbonyl (C=O) groups excluding carboxylic acids is 1. The number of aromatic nitrogens is 2. The summed E-state index contributed by atoms with van der Waals surface area (Å²) in [5.41, 5.74) is 0.927. The molecule has 0 fully saturated rings. The van der Waals surface area contributed by atoms with Crippen molar-refractivity contribution in [3.63, 3.8) is 0 Å². The lowest BCUT2D eigenvalue weighted by Gasteiger charge is -2.11. The summed E-state index contributed by atoms with van der Waals surface area (Å²) in [6.07, 6.45) is 2.52. The zero-order valence-corrected chi connectivity index (χ0v) is 12.8. The quantitative estimate of drug-likeness (QED) is 0.822. The number of nitrogens with one attached hydrogen (secondary N) is 2. The maximum atomic E-state index is 12.3. The third-order valence-electron chi connectivity index (χ3n) is 2.86. The lowest BCUT2D eigenvalue weighted by atomic mass is 10.2. The van der Waals surface area contributed by atoms with Crippen LogP contribution in [0.1, 0.15) is 30.8 Å². The van der Waals surface area contributed by atoms with Crippen molar-refractivity contribution in [2.45, 2.75) is 20.3 Å². The second-order valence-corrected chi connectivity index (χ2v) is 4.58. The predicted molar refractivity (Wildman–Crippen MR) is 86.4 cm³/mol. The fraction of sp³-hybridized carbons (Fsp3) is 0.312. The van der Waals surface area contributed by atoms with Crippen LogP contribution in [0.5, 0.6) is 5.75 Å². The minimum atomic E-state index is -0.297. The van der Waals surface area contributed by atoms with Gasteiger partial charge in [0.15, 0.2) is 0 Å². The van der Waals surface area contributed by atoms with Gasteiger partial charge in [0.2, 0.25) is 5.95 Å². The van der Waals surface area contributed by atoms with Gasteiger partial charge in [-0.3, -0.25) is 4.79 Å². The third kappa shape index (κ3) is 4.18. The van der Waals surface area contributed by atoms with Crippen LogP contribution in [-0.4, -0.2) is 29.0 Å². The minimum Gasteiger partial charge on any atom is -0.492 e. The highest BCUT2D eigenvalue weighted by Crippen LogP contribution is 2.24. The molecule has 2 rings (SSSR count). The summed E-state index contributed by atoms with van der Waals surface area (Å²) in [6.45, 7) is 5.24. The number of rotatable bonds is 7. The molecular formula is C16H20N4O2. The maximum absolute atomic E-state index is 12.3. The molecule has 0 spiro atoms. The summed E-state index contributed by atoms with van der Waals surface area (Å²) in [6, 6.07) is 8.88. The molecule has 6 nitrogen and oxygen atoms in total. The van der Waals surface area contributed by atoms with E-state index in [-0.39, 0.29) is 5.91 Å². The zero-order valence-electron chi connectivity index (χ0n) is 12.8. The number of ether oxygens (including phenoxy) is 1. The Balaban J connectivity index is 2.12. The third-order valence-corrected chi connectivity index (χ3v) is 2.86. The average molecular weight is 300 g/mol. The Bertz CT molecular complexity index is 631. The molecule has 0 atom stereocenters. The molecule has 0 unspecified atom stereocenters. The van der Waals surface area contributed by atoms with Crippen LogP contribution in [0.15, 0.2) is 36.5 Å². The van der Waals surface area contributed by atoms with Crippen LogP contribution in [0, 0.1) is 0 Å². The second-order valence-electron chi connectivity index (χ2n) is 4.58. The summed E-state index contributed by atoms with van der Waals surface area (Å²) < 4.78 is 5.49. The molecular weight excluding hydrogens is 280 g/mol. The largest absolute Gasteiger partial charge is 0.492 e. The highest BCUT2D eigenvalue weighted by atomic mass is 16.5. The van der Waals surface area contributed by atoms with Crippen LogP contribution in [-0.2, 0) is 0 Å². The van der Waals surface area contributed by atoms with E-state index in [1.165, 1.54) is 0 Å². The molecule has 0 saturated heterocycles. The second kappa shape index (κ2) is 7.97. The SMILES string of the molecule is CCCNc1nccc(C(=O)Nc2ccccc2OCC)n1. The number of amides is 1. The van der Waals surface area contributed by atoms with E-state index in [0.717, 1.165) is 13.0 Å². The summed E-state index contributed by atoms with van der Waals surface area (Å²) in [5, 5.41) is 5.87. The van der Waals surface area contributed by atoms with E-state index in [9.17, 15) is 4.79 Å². The summed E-state index contributed by atoms with van der Waals surface area (Å²) in [5.74, 6) is 0.790. The van der Waals surface area contributed by atoms with Gasteiger partial charge in [-0.15, -0.1) is 0 Å². The van der Waals surface area contributed by atoms with E-state index < -0.39 is 0 Å². The predicted octanol–water partition coefficient (Wildman–Crippen LogP) is 2.95. The highest BCUT2D eigenvalue weighted by molar-refractivity contribution is 6.03. The molecule has 0 aliphatic heterocycles. The molecule has 1 amide bonds. The van der Waals surface area contributed by atoms with Crippen LogP contribution in [0.25, 0.3) is 0 Å². The van der Waals surface area contributed by atoms with Crippen LogP contribution >= 0.6 is 0 Å². The molecule has 6 heteroatoms. The van der Waals surface area contributed by atoms with Gasteiger partial charge in [0.05, 0.1) is 12.3 Å². The highest BCUT2D eigenvalue weighted by Gasteiger charge is 2.11. The average Bonchev–Trinajstić information content (AvgIpc) is 2.55. The zero-order chi connectivity index (χ0) is 15.8. The lowest BCUT2D eigenvalue weighted by molar-refractivity contribution is 0.102. The van der Waals surface area contributed by atoms with Crippen LogP contribution < -0.4 is 15.4 Å². The van der Waals surface area contributed by atoms with Gasteiger partial charge in [-0.2, -0.15) is 0 Å². The maximum Gasteiger partial charge on any atom is 0.274 e. The van der Waals surface area contributed by atoms with Gasteiger partial charge >= 0.3 is 0 Å². The van der Waals surface area contributed by atoms with Crippen molar-refractivity contribution in [3.8, 4) is 5.75 Å². The number of para-hydroxylation sites is 2. The van der Waals surface area contributed by atoms with E-state index in [4.69, 9.17) is 4.74 Å². The molecule has 1 aromatic carbocycles. The first-order chi connectivity index (χ1) is 10.7. The first-order valence-electron chi connectivity index (χ1n) is 7.34. The van der Waals surface area contributed by atoms with E-state index in [2.05, 4.69) is 20.6 Å². The molecule has 1 heterocycles. The first kappa shape index (κ1) is 15.8. The van der Waals surface area contributed by atoms with Crippen molar-refractivity contribution in [3.05, 3.63) is 42.2 Å². The fourth-order valence-corrected chi connectivity index (χ4v) is 1.84. The van der Waals surface area contributed by atoms with Crippen LogP contribution in [0.2, 0.25) is 0 Å². The van der Waals surface area contributed by atoms with E-state index in [1.807, 2.05) is 32.0 Å². The summed E-state index contributed by atoms with van der Waals surface area (Å²) in [7, 11) is 0. The molecule has 116 valence electrons. The van der Waals surface area contributed by atoms with Crippen molar-refractivity contribution in [1.82, 2.24) is 9.97 Å². The molecule has 0 aliphatic carbocycles. The van der Waals surface area contributed by atoms with Crippen molar-refractivity contribution in [2.75, 3.05) is 23.8 Å². The number of hydrogen-bond acceptors (Lipinski definition) is 5. The number of benzene rings is 1. The van der Waals surface area contributed by atoms with Crippen molar-refractivity contribution >= 4 is 17.5 Å². The number of nitrogens with zero attached hydrogens (tertiary/aromatic N) is 2. The van der Waals surface area contributed by atoms with Crippen molar-refractivity contribution < 1.29 is 9.53 Å². The van der Waals surface area contributed by atoms with E-state index in [1.54, 1.807) is 18.3 Å². The van der Waals surface area contributed by atoms with E-state index >= 15 is 0 Å². The molecule has 0 bridgehead atoms. The number of hydrogen-bond donors (Lipinski definition) is 2. The monoisotopic (exact) mass is 300 g/mol. The van der Waals surface area contributed by atoms with Gasteiger partial charge < -0.3 is 15.4 Å². The smallest absolute Gasteiger partial charge is 0.274 e. The minimum absolute atomic E-state index is 0.297. The Hall–Kier alpha value is -2.63. The van der Waals surface area contributed by atoms with E-state index in [0.29, 0.717) is 29.7 Å². The Kier molecular flexibility index (Phi) is 5.71. The molecule has 22 heavy (non-hydrogen) atoms. The lowest BCUT2D eigenvalue weighted by Crippen LogP contribution is -2.16. The molecule has 2 N–H and O–H groups in total. The Labute approximate surface area is 129 Å². The van der Waals surface area contributed by atoms with Crippen LogP contribution in [0.4, 0.5) is 11.6 Å².